The Morgan fingerprint density at radius 1 is 0.957 bits per heavy atom. The van der Waals surface area contributed by atoms with Gasteiger partial charge in [0.1, 0.15) is 0 Å². The fraction of sp³-hybridized carbons (Fsp3) is 0.316. The van der Waals surface area contributed by atoms with Crippen LogP contribution < -0.4 is 15.8 Å². The topological polar surface area (TPSA) is 44.4 Å². The molecule has 0 aromatic heterocycles. The normalized spacial score (nSPS) is 29.0. The third-order valence-electron chi connectivity index (χ3n) is 5.28. The third-order valence-corrected chi connectivity index (χ3v) is 5.28. The van der Waals surface area contributed by atoms with Crippen molar-refractivity contribution in [1.82, 2.24) is 5.43 Å². The molecule has 0 radical (unpaired) electrons. The van der Waals surface area contributed by atoms with Crippen LogP contribution in [0, 0.1) is 11.8 Å². The fourth-order valence-electron chi connectivity index (χ4n) is 4.01. The summed E-state index contributed by atoms with van der Waals surface area (Å²) < 4.78 is 0. The predicted octanol–water partition coefficient (Wildman–Crippen LogP) is 3.10. The van der Waals surface area contributed by atoms with Gasteiger partial charge in [0, 0.05) is 11.7 Å². The van der Waals surface area contributed by atoms with E-state index in [2.05, 4.69) is 28.9 Å². The molecule has 1 amide bonds. The molecule has 3 aliphatic rings. The Bertz CT molecular complexity index is 756. The van der Waals surface area contributed by atoms with Gasteiger partial charge in [-0.25, -0.2) is 10.4 Å². The number of nitrogens with one attached hydrogen (secondary N) is 2. The molecule has 4 heteroatoms. The first-order valence-electron chi connectivity index (χ1n) is 8.33. The highest BCUT2D eigenvalue weighted by atomic mass is 16.2. The van der Waals surface area contributed by atoms with Crippen LogP contribution in [0.2, 0.25) is 0 Å². The molecule has 5 rings (SSSR count). The van der Waals surface area contributed by atoms with E-state index in [1.54, 1.807) is 5.01 Å². The van der Waals surface area contributed by atoms with Crippen LogP contribution in [-0.4, -0.2) is 11.9 Å². The number of hydrogen-bond donors (Lipinski definition) is 2. The minimum Gasteiger partial charge on any atom is -0.381 e. The molecule has 3 unspecified atom stereocenters. The molecular formula is C19H19N3O. The second-order valence-corrected chi connectivity index (χ2v) is 6.74. The Morgan fingerprint density at radius 3 is 2.48 bits per heavy atom. The molecule has 23 heavy (non-hydrogen) atoms. The fourth-order valence-corrected chi connectivity index (χ4v) is 4.01. The van der Waals surface area contributed by atoms with E-state index in [-0.39, 0.29) is 23.9 Å². The van der Waals surface area contributed by atoms with Gasteiger partial charge in [0.2, 0.25) is 5.91 Å². The van der Waals surface area contributed by atoms with Crippen molar-refractivity contribution in [2.45, 2.75) is 24.9 Å². The zero-order valence-corrected chi connectivity index (χ0v) is 12.8. The molecule has 1 saturated carbocycles. The lowest BCUT2D eigenvalue weighted by atomic mass is 9.81. The maximum atomic E-state index is 13.1. The molecule has 2 aromatic carbocycles. The minimum absolute atomic E-state index is 0.0300. The van der Waals surface area contributed by atoms with Gasteiger partial charge in [0.15, 0.2) is 0 Å². The highest BCUT2D eigenvalue weighted by molar-refractivity contribution is 5.98. The van der Waals surface area contributed by atoms with Gasteiger partial charge in [-0.1, -0.05) is 36.4 Å². The van der Waals surface area contributed by atoms with E-state index < -0.39 is 0 Å². The molecule has 0 bridgehead atoms. The van der Waals surface area contributed by atoms with E-state index in [0.717, 1.165) is 5.69 Å². The van der Waals surface area contributed by atoms with E-state index in [1.165, 1.54) is 24.1 Å². The molecule has 116 valence electrons. The summed E-state index contributed by atoms with van der Waals surface area (Å²) in [4.78, 5) is 13.1. The highest BCUT2D eigenvalue weighted by Gasteiger charge is 2.53. The zero-order valence-electron chi connectivity index (χ0n) is 12.8. The summed E-state index contributed by atoms with van der Waals surface area (Å²) in [6.07, 6.45) is 2.45. The van der Waals surface area contributed by atoms with Crippen molar-refractivity contribution in [3.63, 3.8) is 0 Å². The van der Waals surface area contributed by atoms with Gasteiger partial charge in [0.25, 0.3) is 0 Å². The number of carbonyl (C=O) groups is 1. The number of nitrogens with zero attached hydrogens (tertiary/aromatic N) is 1. The molecule has 2 aromatic rings. The molecular weight excluding hydrogens is 286 g/mol. The molecule has 4 nitrogen and oxygen atoms in total. The molecule has 2 aliphatic heterocycles. The molecule has 0 spiro atoms. The van der Waals surface area contributed by atoms with Crippen LogP contribution in [0.15, 0.2) is 54.6 Å². The Kier molecular flexibility index (Phi) is 2.76. The SMILES string of the molecule is O=C1C2C(NN1c1ccccc1)c1ccccc1NC2C1CC1. The molecule has 1 aliphatic carbocycles. The number of amides is 1. The highest BCUT2D eigenvalue weighted by Crippen LogP contribution is 2.48. The van der Waals surface area contributed by atoms with Crippen LogP contribution in [0.25, 0.3) is 0 Å². The molecule has 2 heterocycles. The van der Waals surface area contributed by atoms with Crippen LogP contribution in [0.1, 0.15) is 24.4 Å². The van der Waals surface area contributed by atoms with E-state index in [9.17, 15) is 4.79 Å². The van der Waals surface area contributed by atoms with Crippen molar-refractivity contribution in [3.05, 3.63) is 60.2 Å². The maximum absolute atomic E-state index is 13.1. The summed E-state index contributed by atoms with van der Waals surface area (Å²) in [6.45, 7) is 0. The average molecular weight is 305 g/mol. The van der Waals surface area contributed by atoms with Crippen molar-refractivity contribution in [3.8, 4) is 0 Å². The average Bonchev–Trinajstić information content (AvgIpc) is 3.39. The number of para-hydroxylation sites is 2. The Labute approximate surface area is 135 Å². The second-order valence-electron chi connectivity index (χ2n) is 6.74. The molecule has 3 atom stereocenters. The number of anilines is 2. The van der Waals surface area contributed by atoms with Crippen LogP contribution in [0.4, 0.5) is 11.4 Å². The van der Waals surface area contributed by atoms with Gasteiger partial charge in [0.05, 0.1) is 17.6 Å². The van der Waals surface area contributed by atoms with E-state index in [4.69, 9.17) is 0 Å². The largest absolute Gasteiger partial charge is 0.381 e. The van der Waals surface area contributed by atoms with E-state index >= 15 is 0 Å². The Balaban J connectivity index is 1.58. The summed E-state index contributed by atoms with van der Waals surface area (Å²) in [5.74, 6) is 0.773. The van der Waals surface area contributed by atoms with Gasteiger partial charge >= 0.3 is 0 Å². The quantitative estimate of drug-likeness (QED) is 0.896. The van der Waals surface area contributed by atoms with Gasteiger partial charge in [-0.2, -0.15) is 0 Å². The predicted molar refractivity (Wildman–Crippen MR) is 89.9 cm³/mol. The first-order chi connectivity index (χ1) is 11.3. The standard InChI is InChI=1S/C19H19N3O/c23-19-16-17(12-10-11-12)20-15-9-5-4-8-14(15)18(16)21-22(19)13-6-2-1-3-7-13/h1-9,12,16-18,20-21H,10-11H2. The first-order valence-corrected chi connectivity index (χ1v) is 8.33. The van der Waals surface area contributed by atoms with Crippen molar-refractivity contribution in [2.75, 3.05) is 10.3 Å². The molecule has 1 saturated heterocycles. The van der Waals surface area contributed by atoms with E-state index in [0.29, 0.717) is 5.92 Å². The van der Waals surface area contributed by atoms with E-state index in [1.807, 2.05) is 36.4 Å². The molecule has 2 fully saturated rings. The summed E-state index contributed by atoms with van der Waals surface area (Å²) in [6, 6.07) is 18.5. The van der Waals surface area contributed by atoms with Gasteiger partial charge < -0.3 is 5.32 Å². The lowest BCUT2D eigenvalue weighted by molar-refractivity contribution is -0.121. The third kappa shape index (κ3) is 1.98. The number of rotatable bonds is 2. The number of fused-ring (bicyclic) bond motifs is 3. The lowest BCUT2D eigenvalue weighted by Crippen LogP contribution is -2.42. The summed E-state index contributed by atoms with van der Waals surface area (Å²) in [5.41, 5.74) is 6.75. The minimum atomic E-state index is -0.0300. The van der Waals surface area contributed by atoms with Crippen LogP contribution in [0.3, 0.4) is 0 Å². The number of hydrogen-bond acceptors (Lipinski definition) is 3. The Hall–Kier alpha value is -2.33. The van der Waals surface area contributed by atoms with Crippen molar-refractivity contribution >= 4 is 17.3 Å². The van der Waals surface area contributed by atoms with Crippen molar-refractivity contribution in [1.29, 1.82) is 0 Å². The number of benzene rings is 2. The van der Waals surface area contributed by atoms with Gasteiger partial charge in [-0.3, -0.25) is 4.79 Å². The Morgan fingerprint density at radius 2 is 1.70 bits per heavy atom. The van der Waals surface area contributed by atoms with Crippen LogP contribution >= 0.6 is 0 Å². The van der Waals surface area contributed by atoms with Crippen molar-refractivity contribution < 1.29 is 4.79 Å². The summed E-state index contributed by atoms with van der Waals surface area (Å²) in [5, 5.41) is 5.39. The first kappa shape index (κ1) is 13.1. The smallest absolute Gasteiger partial charge is 0.248 e. The second kappa shape index (κ2) is 4.83. The summed E-state index contributed by atoms with van der Waals surface area (Å²) in [7, 11) is 0. The van der Waals surface area contributed by atoms with Crippen LogP contribution in [-0.2, 0) is 4.79 Å². The summed E-state index contributed by atoms with van der Waals surface area (Å²) >= 11 is 0. The van der Waals surface area contributed by atoms with Crippen molar-refractivity contribution in [2.24, 2.45) is 11.8 Å². The number of hydrazine groups is 1. The lowest BCUT2D eigenvalue weighted by Gasteiger charge is -2.34. The van der Waals surface area contributed by atoms with Gasteiger partial charge in [-0.05, 0) is 42.5 Å². The monoisotopic (exact) mass is 305 g/mol. The maximum Gasteiger partial charge on any atom is 0.248 e. The zero-order chi connectivity index (χ0) is 15.4. The van der Waals surface area contributed by atoms with Crippen LogP contribution in [0.5, 0.6) is 0 Å². The van der Waals surface area contributed by atoms with Gasteiger partial charge in [-0.15, -0.1) is 0 Å². The molecule has 2 N–H and O–H groups in total. The number of carbonyl (C=O) groups excluding carboxylic acids is 1.